The van der Waals surface area contributed by atoms with Gasteiger partial charge in [0.1, 0.15) is 11.9 Å². The van der Waals surface area contributed by atoms with E-state index in [0.29, 0.717) is 53.3 Å². The molecule has 11 heteroatoms. The van der Waals surface area contributed by atoms with E-state index in [1.165, 1.54) is 6.92 Å². The van der Waals surface area contributed by atoms with Crippen LogP contribution < -0.4 is 35.6 Å². The number of hydrogen-bond acceptors (Lipinski definition) is 8. The van der Waals surface area contributed by atoms with E-state index in [2.05, 4.69) is 39.8 Å². The molecule has 254 valence electrons. The second-order valence-electron chi connectivity index (χ2n) is 12.6. The third-order valence-electron chi connectivity index (χ3n) is 9.04. The molecule has 3 atom stereocenters. The molecule has 4 N–H and O–H groups in total. The fraction of sp³-hybridized carbons (Fsp3) is 0.405. The third kappa shape index (κ3) is 6.81. The lowest BCUT2D eigenvalue weighted by Gasteiger charge is -2.24. The predicted molar refractivity (Wildman–Crippen MR) is 188 cm³/mol. The number of benzene rings is 2. The number of ether oxygens (including phenoxy) is 3. The molecule has 4 aromatic rings. The van der Waals surface area contributed by atoms with Gasteiger partial charge in [0.25, 0.3) is 0 Å². The second kappa shape index (κ2) is 14.4. The van der Waals surface area contributed by atoms with Crippen LogP contribution in [0.25, 0.3) is 22.2 Å². The van der Waals surface area contributed by atoms with Gasteiger partial charge in [0.2, 0.25) is 23.0 Å². The van der Waals surface area contributed by atoms with E-state index in [1.54, 1.807) is 33.5 Å². The number of fused-ring (bicyclic) bond motifs is 4. The topological polar surface area (TPSA) is 144 Å². The average molecular weight is 656 g/mol. The van der Waals surface area contributed by atoms with E-state index in [0.717, 1.165) is 28.0 Å². The van der Waals surface area contributed by atoms with E-state index in [1.807, 2.05) is 44.2 Å². The molecule has 0 fully saturated rings. The minimum atomic E-state index is -0.717. The Hall–Kier alpha value is -5.06. The number of carbonyl (C=O) groups excluding carboxylic acids is 2. The van der Waals surface area contributed by atoms with Crippen LogP contribution in [0.5, 0.6) is 17.2 Å². The second-order valence-corrected chi connectivity index (χ2v) is 12.6. The zero-order valence-electron chi connectivity index (χ0n) is 28.9. The standard InChI is InChI=1S/C37H45N5O6/c1-9-20(4)33(37(45)39-23-11-14-27-29(17-23)42-36(41-27)19(2)3)40-28-15-12-24-25(18-30(28)44)26(38-21(5)43)13-10-22-16-31(46-6)34(47-7)35(48-8)32(22)24/h11-12,14-20,26,33H,9-10,13H2,1-8H3,(H,38,43)(H,39,45)(H,40,44)(H,41,42)/t20-,26+,33+/m0/s1. The van der Waals surface area contributed by atoms with Gasteiger partial charge in [0, 0.05) is 24.1 Å². The number of aryl methyl sites for hydroxylation is 1. The van der Waals surface area contributed by atoms with Crippen LogP contribution in [0.3, 0.4) is 0 Å². The van der Waals surface area contributed by atoms with Gasteiger partial charge in [-0.2, -0.15) is 0 Å². The maximum absolute atomic E-state index is 14.0. The Morgan fingerprint density at radius 3 is 2.40 bits per heavy atom. The Bertz CT molecular complexity index is 1900. The van der Waals surface area contributed by atoms with Crippen LogP contribution in [0.2, 0.25) is 0 Å². The summed E-state index contributed by atoms with van der Waals surface area (Å²) in [4.78, 5) is 48.1. The molecular formula is C37H45N5O6. The van der Waals surface area contributed by atoms with E-state index in [4.69, 9.17) is 14.2 Å². The number of hydrogen-bond donors (Lipinski definition) is 4. The van der Waals surface area contributed by atoms with Crippen LogP contribution in [0.1, 0.15) is 76.4 Å². The number of methoxy groups -OCH3 is 3. The summed E-state index contributed by atoms with van der Waals surface area (Å²) in [6.07, 6.45) is 1.83. The van der Waals surface area contributed by atoms with Gasteiger partial charge in [-0.1, -0.05) is 40.2 Å². The number of H-pyrrole nitrogens is 1. The Kier molecular flexibility index (Phi) is 10.3. The molecule has 11 nitrogen and oxygen atoms in total. The van der Waals surface area contributed by atoms with Crippen molar-refractivity contribution in [3.05, 3.63) is 69.6 Å². The van der Waals surface area contributed by atoms with Crippen LogP contribution in [-0.2, 0) is 16.0 Å². The molecule has 2 amide bonds. The minimum absolute atomic E-state index is 0.110. The molecule has 0 saturated carbocycles. The quantitative estimate of drug-likeness (QED) is 0.147. The molecule has 3 aromatic carbocycles. The summed E-state index contributed by atoms with van der Waals surface area (Å²) >= 11 is 0. The molecule has 1 heterocycles. The van der Waals surface area contributed by atoms with Gasteiger partial charge < -0.3 is 35.1 Å². The van der Waals surface area contributed by atoms with Gasteiger partial charge in [-0.3, -0.25) is 14.4 Å². The van der Waals surface area contributed by atoms with Gasteiger partial charge >= 0.3 is 0 Å². The number of aromatic amines is 1. The summed E-state index contributed by atoms with van der Waals surface area (Å²) < 4.78 is 17.2. The first-order valence-corrected chi connectivity index (χ1v) is 16.3. The zero-order valence-corrected chi connectivity index (χ0v) is 28.9. The van der Waals surface area contributed by atoms with Crippen molar-refractivity contribution < 1.29 is 23.8 Å². The first-order valence-electron chi connectivity index (χ1n) is 16.3. The van der Waals surface area contributed by atoms with E-state index >= 15 is 0 Å². The van der Waals surface area contributed by atoms with Crippen molar-refractivity contribution in [2.75, 3.05) is 32.0 Å². The number of anilines is 2. The van der Waals surface area contributed by atoms with Crippen LogP contribution in [0.4, 0.5) is 11.4 Å². The molecule has 0 aliphatic heterocycles. The lowest BCUT2D eigenvalue weighted by atomic mass is 9.95. The molecule has 1 aromatic heterocycles. The molecule has 0 unspecified atom stereocenters. The summed E-state index contributed by atoms with van der Waals surface area (Å²) in [7, 11) is 4.67. The molecule has 48 heavy (non-hydrogen) atoms. The Morgan fingerprint density at radius 2 is 1.75 bits per heavy atom. The number of nitrogens with one attached hydrogen (secondary N) is 4. The predicted octanol–water partition coefficient (Wildman–Crippen LogP) is 6.33. The molecule has 1 aliphatic carbocycles. The van der Waals surface area contributed by atoms with Crippen LogP contribution >= 0.6 is 0 Å². The van der Waals surface area contributed by atoms with Crippen LogP contribution in [0, 0.1) is 5.92 Å². The first kappa shape index (κ1) is 34.3. The van der Waals surface area contributed by atoms with E-state index in [9.17, 15) is 14.4 Å². The van der Waals surface area contributed by atoms with Crippen molar-refractivity contribution in [3.63, 3.8) is 0 Å². The minimum Gasteiger partial charge on any atom is -0.493 e. The Labute approximate surface area is 280 Å². The third-order valence-corrected chi connectivity index (χ3v) is 9.04. The summed E-state index contributed by atoms with van der Waals surface area (Å²) in [5.74, 6) is 1.96. The molecule has 5 rings (SSSR count). The van der Waals surface area contributed by atoms with Gasteiger partial charge in [-0.15, -0.1) is 0 Å². The van der Waals surface area contributed by atoms with Crippen molar-refractivity contribution in [3.8, 4) is 28.4 Å². The number of amides is 2. The first-order chi connectivity index (χ1) is 23.0. The van der Waals surface area contributed by atoms with Crippen molar-refractivity contribution in [2.45, 2.75) is 71.9 Å². The fourth-order valence-electron chi connectivity index (χ4n) is 6.30. The highest BCUT2D eigenvalue weighted by Gasteiger charge is 2.30. The van der Waals surface area contributed by atoms with E-state index in [-0.39, 0.29) is 34.8 Å². The molecule has 0 bridgehead atoms. The molecule has 1 aliphatic rings. The highest BCUT2D eigenvalue weighted by molar-refractivity contribution is 5.98. The lowest BCUT2D eigenvalue weighted by Crippen LogP contribution is -2.40. The Morgan fingerprint density at radius 1 is 1.00 bits per heavy atom. The molecular weight excluding hydrogens is 610 g/mol. The number of imidazole rings is 1. The normalized spacial score (nSPS) is 15.1. The van der Waals surface area contributed by atoms with Gasteiger partial charge in [0.15, 0.2) is 11.5 Å². The summed E-state index contributed by atoms with van der Waals surface area (Å²) in [5, 5.41) is 9.34. The Balaban J connectivity index is 1.57. The highest BCUT2D eigenvalue weighted by atomic mass is 16.5. The molecule has 0 saturated heterocycles. The lowest BCUT2D eigenvalue weighted by molar-refractivity contribution is -0.120. The molecule has 0 radical (unpaired) electrons. The number of aromatic nitrogens is 2. The SMILES string of the molecule is CC[C@H](C)[C@@H](Nc1ccc2c(cc1=O)[C@H](NC(C)=O)CCc1cc(OC)c(OC)c(OC)c1-2)C(=O)Nc1ccc2nc(C(C)C)[nH]c2c1. The number of rotatable bonds is 11. The number of nitrogens with zero attached hydrogens (tertiary/aromatic N) is 1. The monoisotopic (exact) mass is 655 g/mol. The average Bonchev–Trinajstić information content (AvgIpc) is 3.36. The van der Waals surface area contributed by atoms with Gasteiger partial charge in [0.05, 0.1) is 44.1 Å². The number of carbonyl (C=O) groups is 2. The van der Waals surface area contributed by atoms with Crippen LogP contribution in [-0.4, -0.2) is 49.2 Å². The smallest absolute Gasteiger partial charge is 0.247 e. The van der Waals surface area contributed by atoms with Gasteiger partial charge in [-0.05, 0) is 71.8 Å². The van der Waals surface area contributed by atoms with Crippen LogP contribution in [0.15, 0.2) is 47.3 Å². The zero-order chi connectivity index (χ0) is 34.7. The van der Waals surface area contributed by atoms with Crippen molar-refractivity contribution in [1.82, 2.24) is 15.3 Å². The summed E-state index contributed by atoms with van der Waals surface area (Å²) in [6.45, 7) is 9.57. The van der Waals surface area contributed by atoms with Crippen molar-refractivity contribution >= 4 is 34.2 Å². The maximum Gasteiger partial charge on any atom is 0.247 e. The molecule has 0 spiro atoms. The maximum atomic E-state index is 14.0. The van der Waals surface area contributed by atoms with Gasteiger partial charge in [-0.25, -0.2) is 4.98 Å². The largest absolute Gasteiger partial charge is 0.493 e. The highest BCUT2D eigenvalue weighted by Crippen LogP contribution is 2.50. The van der Waals surface area contributed by atoms with Crippen molar-refractivity contribution in [2.24, 2.45) is 5.92 Å². The van der Waals surface area contributed by atoms with E-state index < -0.39 is 12.1 Å². The fourth-order valence-corrected chi connectivity index (χ4v) is 6.30. The van der Waals surface area contributed by atoms with Crippen molar-refractivity contribution in [1.29, 1.82) is 0 Å². The summed E-state index contributed by atoms with van der Waals surface area (Å²) in [6, 6.07) is 11.4. The summed E-state index contributed by atoms with van der Waals surface area (Å²) in [5.41, 5.74) is 5.28.